The van der Waals surface area contributed by atoms with E-state index in [1.54, 1.807) is 4.90 Å². The van der Waals surface area contributed by atoms with Crippen LogP contribution in [-0.2, 0) is 9.59 Å². The number of carbonyl (C=O) groups is 2. The largest absolute Gasteiger partial charge is 0.395 e. The molecule has 1 heterocycles. The molecule has 0 aliphatic carbocycles. The molecule has 1 saturated heterocycles. The lowest BCUT2D eigenvalue weighted by atomic mass is 10.1. The van der Waals surface area contributed by atoms with Crippen LogP contribution < -0.4 is 4.90 Å². The molecule has 0 spiro atoms. The first-order valence-corrected chi connectivity index (χ1v) is 7.03. The minimum Gasteiger partial charge on any atom is -0.395 e. The number of aliphatic hydroxyl groups is 2. The Hall–Kier alpha value is -1.92. The Balaban J connectivity index is 2.06. The first kappa shape index (κ1) is 15.5. The monoisotopic (exact) mass is 292 g/mol. The Morgan fingerprint density at radius 2 is 1.81 bits per heavy atom. The van der Waals surface area contributed by atoms with Gasteiger partial charge >= 0.3 is 0 Å². The van der Waals surface area contributed by atoms with Crippen LogP contribution in [0.1, 0.15) is 6.42 Å². The summed E-state index contributed by atoms with van der Waals surface area (Å²) in [7, 11) is 0. The number of amides is 2. The average molecular weight is 292 g/mol. The third kappa shape index (κ3) is 3.59. The van der Waals surface area contributed by atoms with Gasteiger partial charge in [-0.1, -0.05) is 18.2 Å². The third-order valence-electron chi connectivity index (χ3n) is 3.59. The number of nitrogens with zero attached hydrogens (tertiary/aromatic N) is 2. The minimum atomic E-state index is -0.421. The van der Waals surface area contributed by atoms with Crippen molar-refractivity contribution in [2.24, 2.45) is 5.92 Å². The van der Waals surface area contributed by atoms with E-state index >= 15 is 0 Å². The van der Waals surface area contributed by atoms with E-state index in [4.69, 9.17) is 10.2 Å². The zero-order chi connectivity index (χ0) is 15.2. The number of carbonyl (C=O) groups excluding carboxylic acids is 2. The molecular weight excluding hydrogens is 272 g/mol. The lowest BCUT2D eigenvalue weighted by molar-refractivity contribution is -0.136. The van der Waals surface area contributed by atoms with E-state index in [2.05, 4.69) is 0 Å². The van der Waals surface area contributed by atoms with E-state index in [1.807, 2.05) is 30.3 Å². The Kier molecular flexibility index (Phi) is 5.30. The van der Waals surface area contributed by atoms with Crippen LogP contribution in [0.3, 0.4) is 0 Å². The second-order valence-corrected chi connectivity index (χ2v) is 5.01. The lowest BCUT2D eigenvalue weighted by Gasteiger charge is -2.24. The van der Waals surface area contributed by atoms with Crippen molar-refractivity contribution in [3.8, 4) is 0 Å². The Labute approximate surface area is 123 Å². The molecule has 2 rings (SSSR count). The van der Waals surface area contributed by atoms with Gasteiger partial charge in [0.05, 0.1) is 19.1 Å². The molecule has 0 saturated carbocycles. The number of para-hydroxylation sites is 1. The topological polar surface area (TPSA) is 81.1 Å². The molecule has 0 bridgehead atoms. The zero-order valence-electron chi connectivity index (χ0n) is 11.8. The summed E-state index contributed by atoms with van der Waals surface area (Å²) in [6.45, 7) is 0.378. The van der Waals surface area contributed by atoms with Gasteiger partial charge in [0.25, 0.3) is 0 Å². The molecule has 0 radical (unpaired) electrons. The van der Waals surface area contributed by atoms with E-state index in [1.165, 1.54) is 4.90 Å². The van der Waals surface area contributed by atoms with Crippen molar-refractivity contribution in [3.63, 3.8) is 0 Å². The molecule has 2 amide bonds. The van der Waals surface area contributed by atoms with Crippen LogP contribution >= 0.6 is 0 Å². The predicted molar refractivity (Wildman–Crippen MR) is 77.7 cm³/mol. The molecular formula is C15H20N2O4. The lowest BCUT2D eigenvalue weighted by Crippen LogP contribution is -2.40. The maximum Gasteiger partial charge on any atom is 0.228 e. The smallest absolute Gasteiger partial charge is 0.228 e. The Morgan fingerprint density at radius 1 is 1.19 bits per heavy atom. The number of hydrogen-bond acceptors (Lipinski definition) is 4. The van der Waals surface area contributed by atoms with Crippen molar-refractivity contribution in [2.45, 2.75) is 6.42 Å². The van der Waals surface area contributed by atoms with Gasteiger partial charge in [0, 0.05) is 31.7 Å². The highest BCUT2D eigenvalue weighted by molar-refractivity contribution is 6.00. The van der Waals surface area contributed by atoms with Gasteiger partial charge in [-0.25, -0.2) is 0 Å². The molecule has 114 valence electrons. The van der Waals surface area contributed by atoms with Crippen molar-refractivity contribution >= 4 is 17.5 Å². The quantitative estimate of drug-likeness (QED) is 0.764. The molecule has 1 aromatic rings. The van der Waals surface area contributed by atoms with Crippen molar-refractivity contribution in [1.29, 1.82) is 0 Å². The summed E-state index contributed by atoms with van der Waals surface area (Å²) in [4.78, 5) is 27.5. The third-order valence-corrected chi connectivity index (χ3v) is 3.59. The molecule has 1 aromatic carbocycles. The molecule has 2 N–H and O–H groups in total. The summed E-state index contributed by atoms with van der Waals surface area (Å²) < 4.78 is 0. The van der Waals surface area contributed by atoms with E-state index in [0.717, 1.165) is 5.69 Å². The maximum atomic E-state index is 12.4. The zero-order valence-corrected chi connectivity index (χ0v) is 11.8. The summed E-state index contributed by atoms with van der Waals surface area (Å²) >= 11 is 0. The fraction of sp³-hybridized carbons (Fsp3) is 0.467. The molecule has 1 aliphatic rings. The van der Waals surface area contributed by atoms with Crippen LogP contribution in [0.2, 0.25) is 0 Å². The maximum absolute atomic E-state index is 12.4. The highest BCUT2D eigenvalue weighted by Crippen LogP contribution is 2.25. The van der Waals surface area contributed by atoms with Crippen molar-refractivity contribution in [3.05, 3.63) is 30.3 Å². The number of benzene rings is 1. The van der Waals surface area contributed by atoms with E-state index in [0.29, 0.717) is 6.54 Å². The normalized spacial score (nSPS) is 18.1. The van der Waals surface area contributed by atoms with Crippen LogP contribution in [0, 0.1) is 5.92 Å². The van der Waals surface area contributed by atoms with Crippen LogP contribution in [0.25, 0.3) is 0 Å². The fourth-order valence-corrected chi connectivity index (χ4v) is 2.56. The van der Waals surface area contributed by atoms with Crippen molar-refractivity contribution in [1.82, 2.24) is 4.90 Å². The molecule has 1 unspecified atom stereocenters. The molecule has 1 fully saturated rings. The average Bonchev–Trinajstić information content (AvgIpc) is 2.89. The van der Waals surface area contributed by atoms with E-state index in [-0.39, 0.29) is 44.5 Å². The first-order chi connectivity index (χ1) is 10.2. The van der Waals surface area contributed by atoms with Crippen LogP contribution in [-0.4, -0.2) is 59.8 Å². The van der Waals surface area contributed by atoms with Crippen LogP contribution in [0.5, 0.6) is 0 Å². The molecule has 21 heavy (non-hydrogen) atoms. The van der Waals surface area contributed by atoms with E-state index < -0.39 is 5.92 Å². The molecule has 0 aromatic heterocycles. The van der Waals surface area contributed by atoms with Gasteiger partial charge in [0.15, 0.2) is 0 Å². The molecule has 6 nitrogen and oxygen atoms in total. The summed E-state index contributed by atoms with van der Waals surface area (Å²) in [6, 6.07) is 9.24. The van der Waals surface area contributed by atoms with Crippen molar-refractivity contribution in [2.75, 3.05) is 37.7 Å². The molecule has 6 heteroatoms. The van der Waals surface area contributed by atoms with Gasteiger partial charge in [-0.2, -0.15) is 0 Å². The van der Waals surface area contributed by atoms with Gasteiger partial charge in [-0.3, -0.25) is 9.59 Å². The van der Waals surface area contributed by atoms with Crippen LogP contribution in [0.4, 0.5) is 5.69 Å². The highest BCUT2D eigenvalue weighted by Gasteiger charge is 2.36. The summed E-state index contributed by atoms with van der Waals surface area (Å²) in [5.74, 6) is -0.687. The number of hydrogen-bond donors (Lipinski definition) is 2. The van der Waals surface area contributed by atoms with Crippen molar-refractivity contribution < 1.29 is 19.8 Å². The van der Waals surface area contributed by atoms with Gasteiger partial charge < -0.3 is 20.0 Å². The van der Waals surface area contributed by atoms with Gasteiger partial charge in [0.2, 0.25) is 11.8 Å². The Bertz CT molecular complexity index is 486. The Morgan fingerprint density at radius 3 is 2.38 bits per heavy atom. The second-order valence-electron chi connectivity index (χ2n) is 5.01. The van der Waals surface area contributed by atoms with Gasteiger partial charge in [-0.05, 0) is 12.1 Å². The standard InChI is InChI=1S/C15H20N2O4/c18-8-6-16(7-9-19)15(21)12-10-14(20)17(11-12)13-4-2-1-3-5-13/h1-5,12,18-19H,6-11H2. The minimum absolute atomic E-state index is 0.0764. The number of rotatable bonds is 6. The van der Waals surface area contributed by atoms with Gasteiger partial charge in [0.1, 0.15) is 0 Å². The molecule has 1 aliphatic heterocycles. The first-order valence-electron chi connectivity index (χ1n) is 7.03. The second kappa shape index (κ2) is 7.19. The summed E-state index contributed by atoms with van der Waals surface area (Å²) in [5, 5.41) is 18.0. The summed E-state index contributed by atoms with van der Waals surface area (Å²) in [6.07, 6.45) is 0.168. The number of aliphatic hydroxyl groups excluding tert-OH is 2. The highest BCUT2D eigenvalue weighted by atomic mass is 16.3. The predicted octanol–water partition coefficient (Wildman–Crippen LogP) is -0.147. The van der Waals surface area contributed by atoms with E-state index in [9.17, 15) is 9.59 Å². The fourth-order valence-electron chi connectivity index (χ4n) is 2.56. The summed E-state index contributed by atoms with van der Waals surface area (Å²) in [5.41, 5.74) is 0.786. The SMILES string of the molecule is O=C(C1CC(=O)N(c2ccccc2)C1)N(CCO)CCO. The van der Waals surface area contributed by atoms with Gasteiger partial charge in [-0.15, -0.1) is 0 Å². The van der Waals surface area contributed by atoms with Crippen LogP contribution in [0.15, 0.2) is 30.3 Å². The number of anilines is 1. The molecule has 1 atom stereocenters.